The Kier molecular flexibility index (Phi) is 6.04. The molecule has 172 valence electrons. The average Bonchev–Trinajstić information content (AvgIpc) is 3.53. The normalized spacial score (nSPS) is 37.2. The van der Waals surface area contributed by atoms with Crippen molar-refractivity contribution in [3.63, 3.8) is 0 Å². The van der Waals surface area contributed by atoms with Gasteiger partial charge in [0.05, 0.1) is 12.2 Å². The van der Waals surface area contributed by atoms with Crippen molar-refractivity contribution in [3.05, 3.63) is 0 Å². The minimum Gasteiger partial charge on any atom is -0.461 e. The third kappa shape index (κ3) is 4.44. The van der Waals surface area contributed by atoms with Gasteiger partial charge in [-0.3, -0.25) is 9.35 Å². The smallest absolute Gasteiger partial charge is 0.310 e. The van der Waals surface area contributed by atoms with Gasteiger partial charge in [0.25, 0.3) is 10.1 Å². The molecule has 1 saturated heterocycles. The number of ether oxygens (including phenoxy) is 1. The van der Waals surface area contributed by atoms with Crippen LogP contribution in [0.2, 0.25) is 0 Å². The minimum atomic E-state index is -3.67. The maximum atomic E-state index is 12.8. The fourth-order valence-electron chi connectivity index (χ4n) is 7.13. The molecule has 0 aromatic heterocycles. The molecule has 5 aliphatic rings. The lowest BCUT2D eigenvalue weighted by Crippen LogP contribution is -2.37. The Balaban J connectivity index is 0.000000393. The summed E-state index contributed by atoms with van der Waals surface area (Å²) in [5, 5.41) is 0. The monoisotopic (exact) mass is 441 g/mol. The predicted molar refractivity (Wildman–Crippen MR) is 116 cm³/mol. The van der Waals surface area contributed by atoms with Gasteiger partial charge in [0.2, 0.25) is 0 Å². The van der Waals surface area contributed by atoms with Crippen molar-refractivity contribution in [2.75, 3.05) is 26.4 Å². The fraction of sp³-hybridized carbons (Fsp3) is 0.957. The van der Waals surface area contributed by atoms with Crippen molar-refractivity contribution in [1.29, 1.82) is 0 Å². The van der Waals surface area contributed by atoms with Crippen LogP contribution in [0.4, 0.5) is 0 Å². The van der Waals surface area contributed by atoms with Crippen molar-refractivity contribution < 1.29 is 22.5 Å². The Hall–Kier alpha value is -0.660. The van der Waals surface area contributed by atoms with E-state index in [0.717, 1.165) is 19.0 Å². The molecule has 1 heterocycles. The van der Waals surface area contributed by atoms with E-state index in [1.54, 1.807) is 0 Å². The fourth-order valence-corrected chi connectivity index (χ4v) is 7.13. The summed E-state index contributed by atoms with van der Waals surface area (Å²) >= 11 is 0. The predicted octanol–water partition coefficient (Wildman–Crippen LogP) is 3.76. The first-order valence-electron chi connectivity index (χ1n) is 11.9. The molecule has 0 aromatic rings. The second-order valence-corrected chi connectivity index (χ2v) is 12.4. The molecule has 4 aliphatic carbocycles. The lowest BCUT2D eigenvalue weighted by Gasteiger charge is -2.33. The van der Waals surface area contributed by atoms with E-state index < -0.39 is 10.1 Å². The van der Waals surface area contributed by atoms with Gasteiger partial charge in [0, 0.05) is 18.4 Å². The molecule has 4 saturated carbocycles. The third-order valence-electron chi connectivity index (χ3n) is 8.89. The van der Waals surface area contributed by atoms with E-state index in [9.17, 15) is 13.2 Å². The summed E-state index contributed by atoms with van der Waals surface area (Å²) < 4.78 is 32.1. The van der Waals surface area contributed by atoms with Crippen molar-refractivity contribution >= 4 is 16.1 Å². The molecular weight excluding hydrogens is 402 g/mol. The van der Waals surface area contributed by atoms with Gasteiger partial charge in [0.1, 0.15) is 6.10 Å². The number of nitrogens with zero attached hydrogens (tertiary/aromatic N) is 1. The van der Waals surface area contributed by atoms with E-state index in [1.165, 1.54) is 64.2 Å². The third-order valence-corrected chi connectivity index (χ3v) is 8.89. The number of carbonyl (C=O) groups excluding carboxylic acids is 1. The number of hydrogen-bond donors (Lipinski definition) is 1. The number of esters is 1. The second-order valence-electron chi connectivity index (χ2n) is 11.0. The number of rotatable bonds is 5. The zero-order valence-corrected chi connectivity index (χ0v) is 19.6. The SMILES string of the molecule is CCCCN(C)C[C@@H]1C(=O)O[C@H]2[C@H]1CCC1(CC1)[C@@H]1CCC3(CC3)[C@H]21.CS(=O)(=O)O. The number of hydrogen-bond acceptors (Lipinski definition) is 5. The quantitative estimate of drug-likeness (QED) is 0.517. The van der Waals surface area contributed by atoms with Crippen molar-refractivity contribution in [1.82, 2.24) is 4.90 Å². The topological polar surface area (TPSA) is 83.9 Å². The molecule has 0 aromatic carbocycles. The standard InChI is InChI=1S/C22H35NO2.CH4O3S/c1-3-4-13-23(2)14-16-15-5-7-21(9-10-21)17-6-8-22(11-12-22)18(17)19(15)25-20(16)24;1-5(2,3)4/h15-19H,3-14H2,1-2H3;1H3,(H,2,3,4)/t15-,16-,17+,18-,19-;/m0./s1. The van der Waals surface area contributed by atoms with Crippen molar-refractivity contribution in [2.45, 2.75) is 77.2 Å². The molecule has 6 nitrogen and oxygen atoms in total. The highest BCUT2D eigenvalue weighted by Gasteiger charge is 2.69. The first-order chi connectivity index (χ1) is 14.1. The lowest BCUT2D eigenvalue weighted by molar-refractivity contribution is -0.148. The van der Waals surface area contributed by atoms with Crippen LogP contribution in [0, 0.1) is 34.5 Å². The molecule has 2 spiro atoms. The van der Waals surface area contributed by atoms with E-state index in [1.807, 2.05) is 0 Å². The first kappa shape index (κ1) is 22.5. The lowest BCUT2D eigenvalue weighted by atomic mass is 9.73. The van der Waals surface area contributed by atoms with Crippen LogP contribution in [0.5, 0.6) is 0 Å². The zero-order chi connectivity index (χ0) is 21.7. The average molecular weight is 442 g/mol. The van der Waals surface area contributed by atoms with Gasteiger partial charge in [-0.05, 0) is 88.1 Å². The molecule has 0 radical (unpaired) electrons. The van der Waals surface area contributed by atoms with E-state index in [0.29, 0.717) is 28.9 Å². The highest BCUT2D eigenvalue weighted by molar-refractivity contribution is 7.85. The largest absolute Gasteiger partial charge is 0.461 e. The molecule has 5 fully saturated rings. The molecule has 30 heavy (non-hydrogen) atoms. The molecule has 5 atom stereocenters. The molecular formula is C23H39NO5S. The van der Waals surface area contributed by atoms with Gasteiger partial charge >= 0.3 is 5.97 Å². The summed E-state index contributed by atoms with van der Waals surface area (Å²) in [4.78, 5) is 15.2. The van der Waals surface area contributed by atoms with Crippen LogP contribution in [0.3, 0.4) is 0 Å². The van der Waals surface area contributed by atoms with Crippen molar-refractivity contribution in [2.24, 2.45) is 34.5 Å². The maximum Gasteiger partial charge on any atom is 0.310 e. The summed E-state index contributed by atoms with van der Waals surface area (Å²) in [6, 6.07) is 0. The van der Waals surface area contributed by atoms with E-state index in [4.69, 9.17) is 9.29 Å². The summed E-state index contributed by atoms with van der Waals surface area (Å²) in [5.41, 5.74) is 1.24. The van der Waals surface area contributed by atoms with Crippen LogP contribution in [0.25, 0.3) is 0 Å². The van der Waals surface area contributed by atoms with Gasteiger partial charge in [-0.1, -0.05) is 13.3 Å². The molecule has 5 rings (SSSR count). The minimum absolute atomic E-state index is 0.131. The van der Waals surface area contributed by atoms with E-state index in [-0.39, 0.29) is 18.0 Å². The Morgan fingerprint density at radius 3 is 2.27 bits per heavy atom. The highest BCUT2D eigenvalue weighted by Crippen LogP contribution is 2.74. The molecule has 0 amide bonds. The Bertz CT molecular complexity index is 750. The van der Waals surface area contributed by atoms with Crippen LogP contribution in [-0.2, 0) is 19.6 Å². The Morgan fingerprint density at radius 1 is 1.10 bits per heavy atom. The Labute approximate surface area is 181 Å². The summed E-state index contributed by atoms with van der Waals surface area (Å²) in [6.45, 7) is 4.26. The van der Waals surface area contributed by atoms with Gasteiger partial charge in [-0.15, -0.1) is 0 Å². The molecule has 0 bridgehead atoms. The zero-order valence-electron chi connectivity index (χ0n) is 18.8. The van der Waals surface area contributed by atoms with E-state index in [2.05, 4.69) is 18.9 Å². The number of carbonyl (C=O) groups is 1. The van der Waals surface area contributed by atoms with Crippen LogP contribution in [0.15, 0.2) is 0 Å². The summed E-state index contributed by atoms with van der Waals surface area (Å²) in [7, 11) is -1.48. The maximum absolute atomic E-state index is 12.8. The van der Waals surface area contributed by atoms with Crippen LogP contribution >= 0.6 is 0 Å². The summed E-state index contributed by atoms with van der Waals surface area (Å²) in [6.07, 6.45) is 14.6. The second kappa shape index (κ2) is 8.04. The molecule has 7 heteroatoms. The van der Waals surface area contributed by atoms with Gasteiger partial charge in [0.15, 0.2) is 0 Å². The Morgan fingerprint density at radius 2 is 1.70 bits per heavy atom. The van der Waals surface area contributed by atoms with Crippen LogP contribution < -0.4 is 0 Å². The first-order valence-corrected chi connectivity index (χ1v) is 13.7. The van der Waals surface area contributed by atoms with Crippen molar-refractivity contribution in [3.8, 4) is 0 Å². The molecule has 0 unspecified atom stereocenters. The summed E-state index contributed by atoms with van der Waals surface area (Å²) in [5.74, 6) is 2.34. The van der Waals surface area contributed by atoms with E-state index >= 15 is 0 Å². The van der Waals surface area contributed by atoms with Gasteiger partial charge in [-0.2, -0.15) is 8.42 Å². The number of fused-ring (bicyclic) bond motifs is 5. The van der Waals surface area contributed by atoms with Crippen LogP contribution in [0.1, 0.15) is 71.1 Å². The highest BCUT2D eigenvalue weighted by atomic mass is 32.2. The molecule has 1 N–H and O–H groups in total. The van der Waals surface area contributed by atoms with Gasteiger partial charge in [-0.25, -0.2) is 0 Å². The molecule has 1 aliphatic heterocycles. The number of unbranched alkanes of at least 4 members (excludes halogenated alkanes) is 1. The van der Waals surface area contributed by atoms with Gasteiger partial charge < -0.3 is 9.64 Å². The van der Waals surface area contributed by atoms with Crippen LogP contribution in [-0.4, -0.2) is 56.3 Å².